The molecule has 0 aromatic carbocycles. The normalized spacial score (nSPS) is 29.3. The molecule has 4 heteroatoms. The molecule has 0 aromatic rings. The Morgan fingerprint density at radius 2 is 2.11 bits per heavy atom. The molecule has 2 N–H and O–H groups in total. The van der Waals surface area contributed by atoms with Crippen molar-refractivity contribution in [1.82, 2.24) is 5.32 Å². The SMILES string of the molecule is CCCC(C)(NC1CCCC12CCOCC2)C(=O)O. The Balaban J connectivity index is 2.09. The summed E-state index contributed by atoms with van der Waals surface area (Å²) in [5.74, 6) is -0.719. The largest absolute Gasteiger partial charge is 0.480 e. The van der Waals surface area contributed by atoms with Crippen LogP contribution in [0.5, 0.6) is 0 Å². The van der Waals surface area contributed by atoms with Crippen LogP contribution in [0, 0.1) is 5.41 Å². The highest BCUT2D eigenvalue weighted by atomic mass is 16.5. The molecule has 0 amide bonds. The van der Waals surface area contributed by atoms with Crippen molar-refractivity contribution in [2.75, 3.05) is 13.2 Å². The van der Waals surface area contributed by atoms with Crippen LogP contribution in [0.15, 0.2) is 0 Å². The Hall–Kier alpha value is -0.610. The van der Waals surface area contributed by atoms with Gasteiger partial charge in [0.05, 0.1) is 0 Å². The molecule has 0 radical (unpaired) electrons. The number of rotatable bonds is 5. The van der Waals surface area contributed by atoms with E-state index in [4.69, 9.17) is 4.74 Å². The van der Waals surface area contributed by atoms with Crippen molar-refractivity contribution in [3.8, 4) is 0 Å². The van der Waals surface area contributed by atoms with Crippen LogP contribution in [-0.2, 0) is 9.53 Å². The van der Waals surface area contributed by atoms with Crippen LogP contribution in [0.2, 0.25) is 0 Å². The van der Waals surface area contributed by atoms with Crippen molar-refractivity contribution >= 4 is 5.97 Å². The van der Waals surface area contributed by atoms with E-state index in [-0.39, 0.29) is 5.41 Å². The van der Waals surface area contributed by atoms with E-state index in [0.29, 0.717) is 12.5 Å². The number of ether oxygens (including phenoxy) is 1. The first-order valence-corrected chi connectivity index (χ1v) is 7.61. The van der Waals surface area contributed by atoms with E-state index >= 15 is 0 Å². The fourth-order valence-electron chi connectivity index (χ4n) is 3.87. The molecule has 1 heterocycles. The van der Waals surface area contributed by atoms with E-state index in [1.165, 1.54) is 12.8 Å². The lowest BCUT2D eigenvalue weighted by molar-refractivity contribution is -0.145. The van der Waals surface area contributed by atoms with Crippen molar-refractivity contribution in [3.63, 3.8) is 0 Å². The first-order chi connectivity index (χ1) is 9.02. The number of aliphatic carboxylic acids is 1. The highest BCUT2D eigenvalue weighted by molar-refractivity contribution is 5.78. The van der Waals surface area contributed by atoms with E-state index in [9.17, 15) is 9.90 Å². The van der Waals surface area contributed by atoms with Crippen molar-refractivity contribution in [2.45, 2.75) is 70.4 Å². The van der Waals surface area contributed by atoms with Gasteiger partial charge in [0.2, 0.25) is 0 Å². The molecule has 1 saturated carbocycles. The van der Waals surface area contributed by atoms with Gasteiger partial charge in [-0.3, -0.25) is 10.1 Å². The smallest absolute Gasteiger partial charge is 0.323 e. The average molecular weight is 269 g/mol. The van der Waals surface area contributed by atoms with Crippen LogP contribution in [0.4, 0.5) is 0 Å². The van der Waals surface area contributed by atoms with Gasteiger partial charge < -0.3 is 9.84 Å². The average Bonchev–Trinajstić information content (AvgIpc) is 2.73. The molecule has 19 heavy (non-hydrogen) atoms. The molecule has 2 rings (SSSR count). The maximum atomic E-state index is 11.6. The summed E-state index contributed by atoms with van der Waals surface area (Å²) in [5, 5.41) is 13.0. The summed E-state index contributed by atoms with van der Waals surface area (Å²) in [4.78, 5) is 11.6. The van der Waals surface area contributed by atoms with Gasteiger partial charge in [0.25, 0.3) is 0 Å². The van der Waals surface area contributed by atoms with E-state index in [1.807, 2.05) is 13.8 Å². The fourth-order valence-corrected chi connectivity index (χ4v) is 3.87. The molecule has 110 valence electrons. The van der Waals surface area contributed by atoms with Crippen LogP contribution < -0.4 is 5.32 Å². The van der Waals surface area contributed by atoms with Crippen molar-refractivity contribution < 1.29 is 14.6 Å². The van der Waals surface area contributed by atoms with Gasteiger partial charge >= 0.3 is 5.97 Å². The Morgan fingerprint density at radius 1 is 1.42 bits per heavy atom. The zero-order chi connectivity index (χ0) is 13.9. The second-order valence-electron chi connectivity index (χ2n) is 6.45. The Bertz CT molecular complexity index is 325. The van der Waals surface area contributed by atoms with E-state index in [0.717, 1.165) is 38.9 Å². The third-order valence-corrected chi connectivity index (χ3v) is 5.11. The quantitative estimate of drug-likeness (QED) is 0.805. The van der Waals surface area contributed by atoms with Crippen LogP contribution in [0.25, 0.3) is 0 Å². The summed E-state index contributed by atoms with van der Waals surface area (Å²) in [6.07, 6.45) is 7.25. The van der Waals surface area contributed by atoms with Gasteiger partial charge in [-0.05, 0) is 44.4 Å². The molecule has 2 atom stereocenters. The van der Waals surface area contributed by atoms with Gasteiger partial charge in [0.1, 0.15) is 5.54 Å². The van der Waals surface area contributed by atoms with Gasteiger partial charge in [0, 0.05) is 19.3 Å². The first-order valence-electron chi connectivity index (χ1n) is 7.61. The third kappa shape index (κ3) is 2.95. The standard InChI is InChI=1S/C15H27NO3/c1-3-6-14(2,13(17)18)16-12-5-4-7-15(12)8-10-19-11-9-15/h12,16H,3-11H2,1-2H3,(H,17,18). The Kier molecular flexibility index (Phi) is 4.51. The van der Waals surface area contributed by atoms with Crippen LogP contribution in [-0.4, -0.2) is 35.9 Å². The molecule has 4 nitrogen and oxygen atoms in total. The lowest BCUT2D eigenvalue weighted by Gasteiger charge is -2.42. The second-order valence-corrected chi connectivity index (χ2v) is 6.45. The van der Waals surface area contributed by atoms with Gasteiger partial charge in [0.15, 0.2) is 0 Å². The fraction of sp³-hybridized carbons (Fsp3) is 0.933. The van der Waals surface area contributed by atoms with E-state index in [1.54, 1.807) is 0 Å². The molecule has 1 aliphatic carbocycles. The third-order valence-electron chi connectivity index (χ3n) is 5.11. The number of carboxylic acids is 1. The molecule has 2 aliphatic rings. The molecule has 2 fully saturated rings. The van der Waals surface area contributed by atoms with Crippen molar-refractivity contribution in [3.05, 3.63) is 0 Å². The number of hydrogen-bond acceptors (Lipinski definition) is 3. The molecule has 0 bridgehead atoms. The first kappa shape index (κ1) is 14.8. The molecule has 2 unspecified atom stereocenters. The highest BCUT2D eigenvalue weighted by Crippen LogP contribution is 2.46. The van der Waals surface area contributed by atoms with Gasteiger partial charge in [-0.15, -0.1) is 0 Å². The summed E-state index contributed by atoms with van der Waals surface area (Å²) in [6.45, 7) is 5.54. The zero-order valence-corrected chi connectivity index (χ0v) is 12.2. The molecular formula is C15H27NO3. The van der Waals surface area contributed by atoms with Gasteiger partial charge in [-0.1, -0.05) is 19.8 Å². The topological polar surface area (TPSA) is 58.6 Å². The lowest BCUT2D eigenvalue weighted by Crippen LogP contribution is -2.58. The predicted molar refractivity (Wildman–Crippen MR) is 74.2 cm³/mol. The predicted octanol–water partition coefficient (Wildman–Crippen LogP) is 2.57. The monoisotopic (exact) mass is 269 g/mol. The number of nitrogens with one attached hydrogen (secondary N) is 1. The van der Waals surface area contributed by atoms with Crippen molar-refractivity contribution in [2.24, 2.45) is 5.41 Å². The summed E-state index contributed by atoms with van der Waals surface area (Å²) in [6, 6.07) is 0.337. The minimum atomic E-state index is -0.783. The minimum Gasteiger partial charge on any atom is -0.480 e. The van der Waals surface area contributed by atoms with Gasteiger partial charge in [-0.2, -0.15) is 0 Å². The Labute approximate surface area is 115 Å². The summed E-state index contributed by atoms with van der Waals surface area (Å²) >= 11 is 0. The summed E-state index contributed by atoms with van der Waals surface area (Å²) < 4.78 is 5.49. The molecule has 1 aliphatic heterocycles. The number of hydrogen-bond donors (Lipinski definition) is 2. The minimum absolute atomic E-state index is 0.280. The maximum Gasteiger partial charge on any atom is 0.323 e. The van der Waals surface area contributed by atoms with Crippen LogP contribution >= 0.6 is 0 Å². The Morgan fingerprint density at radius 3 is 2.68 bits per heavy atom. The lowest BCUT2D eigenvalue weighted by atomic mass is 9.74. The van der Waals surface area contributed by atoms with Gasteiger partial charge in [-0.25, -0.2) is 0 Å². The van der Waals surface area contributed by atoms with Crippen LogP contribution in [0.1, 0.15) is 58.8 Å². The summed E-state index contributed by atoms with van der Waals surface area (Å²) in [7, 11) is 0. The molecule has 1 saturated heterocycles. The van der Waals surface area contributed by atoms with E-state index in [2.05, 4.69) is 5.32 Å². The second kappa shape index (κ2) is 5.80. The number of carboxylic acid groups (broad SMARTS) is 1. The summed E-state index contributed by atoms with van der Waals surface area (Å²) in [5.41, 5.74) is -0.502. The van der Waals surface area contributed by atoms with Crippen LogP contribution in [0.3, 0.4) is 0 Å². The number of carbonyl (C=O) groups is 1. The molecule has 1 spiro atoms. The zero-order valence-electron chi connectivity index (χ0n) is 12.2. The highest BCUT2D eigenvalue weighted by Gasteiger charge is 2.47. The molecule has 0 aromatic heterocycles. The van der Waals surface area contributed by atoms with Crippen molar-refractivity contribution in [1.29, 1.82) is 0 Å². The molecular weight excluding hydrogens is 242 g/mol. The van der Waals surface area contributed by atoms with E-state index < -0.39 is 11.5 Å². The maximum absolute atomic E-state index is 11.6.